The van der Waals surface area contributed by atoms with Crippen LogP contribution in [0.2, 0.25) is 0 Å². The fraction of sp³-hybridized carbons (Fsp3) is 0.900. The number of hydrogen-bond acceptors (Lipinski definition) is 2. The number of nitrogens with one attached hydrogen (secondary N) is 2. The molecule has 1 aliphatic carbocycles. The largest absolute Gasteiger partial charge is 0.353 e. The van der Waals surface area contributed by atoms with E-state index in [0.29, 0.717) is 12.0 Å². The molecule has 1 fully saturated rings. The van der Waals surface area contributed by atoms with Gasteiger partial charge >= 0.3 is 0 Å². The predicted molar refractivity (Wildman–Crippen MR) is 59.9 cm³/mol. The second-order valence-electron chi connectivity index (χ2n) is 3.94. The van der Waals surface area contributed by atoms with E-state index in [1.807, 2.05) is 6.92 Å². The first-order chi connectivity index (χ1) is 6.77. The summed E-state index contributed by atoms with van der Waals surface area (Å²) < 4.78 is 0. The zero-order chi connectivity index (χ0) is 10.4. The van der Waals surface area contributed by atoms with Gasteiger partial charge in [0.2, 0.25) is 5.96 Å². The van der Waals surface area contributed by atoms with Crippen LogP contribution < -0.4 is 16.6 Å². The van der Waals surface area contributed by atoms with Gasteiger partial charge in [-0.15, -0.1) is 0 Å². The third-order valence-electron chi connectivity index (χ3n) is 2.92. The minimum atomic E-state index is 0.471. The second kappa shape index (κ2) is 5.86. The fourth-order valence-electron chi connectivity index (χ4n) is 2.08. The van der Waals surface area contributed by atoms with Gasteiger partial charge in [-0.05, 0) is 32.6 Å². The molecule has 0 radical (unpaired) electrons. The number of rotatable bonds is 3. The summed E-state index contributed by atoms with van der Waals surface area (Å²) in [5.74, 6) is 6.86. The molecule has 1 aliphatic rings. The highest BCUT2D eigenvalue weighted by atomic mass is 15.3. The molecule has 0 aromatic rings. The Bertz CT molecular complexity index is 185. The highest BCUT2D eigenvalue weighted by Gasteiger charge is 2.21. The van der Waals surface area contributed by atoms with Crippen molar-refractivity contribution in [3.05, 3.63) is 0 Å². The molecule has 0 saturated heterocycles. The molecule has 0 bridgehead atoms. The number of guanidine groups is 1. The van der Waals surface area contributed by atoms with Gasteiger partial charge in [-0.2, -0.15) is 0 Å². The Balaban J connectivity index is 2.37. The molecule has 0 aromatic heterocycles. The maximum Gasteiger partial charge on any atom is 0.205 e. The van der Waals surface area contributed by atoms with Crippen LogP contribution in [0.25, 0.3) is 0 Å². The molecule has 4 heteroatoms. The number of hydrazine groups is 1. The Morgan fingerprint density at radius 2 is 2.14 bits per heavy atom. The van der Waals surface area contributed by atoms with Gasteiger partial charge in [-0.3, -0.25) is 10.4 Å². The van der Waals surface area contributed by atoms with Crippen LogP contribution in [-0.2, 0) is 0 Å². The van der Waals surface area contributed by atoms with E-state index in [1.165, 1.54) is 25.7 Å². The van der Waals surface area contributed by atoms with Gasteiger partial charge in [0.15, 0.2) is 0 Å². The average Bonchev–Trinajstić information content (AvgIpc) is 2.69. The molecule has 0 spiro atoms. The Labute approximate surface area is 86.3 Å². The van der Waals surface area contributed by atoms with Gasteiger partial charge in [0.05, 0.1) is 0 Å². The van der Waals surface area contributed by atoms with E-state index >= 15 is 0 Å². The van der Waals surface area contributed by atoms with Crippen molar-refractivity contribution in [2.24, 2.45) is 16.8 Å². The van der Waals surface area contributed by atoms with Crippen LogP contribution in [0.4, 0.5) is 0 Å². The molecule has 1 unspecified atom stereocenters. The van der Waals surface area contributed by atoms with Gasteiger partial charge in [0.25, 0.3) is 0 Å². The SMILES string of the molecule is CCN=C(NN)NC(C)C1CCCC1. The quantitative estimate of drug-likeness (QED) is 0.274. The Hall–Kier alpha value is -0.770. The molecule has 0 aromatic carbocycles. The molecule has 14 heavy (non-hydrogen) atoms. The molecule has 4 N–H and O–H groups in total. The van der Waals surface area contributed by atoms with Crippen molar-refractivity contribution < 1.29 is 0 Å². The fourth-order valence-corrected chi connectivity index (χ4v) is 2.08. The number of nitrogens with two attached hydrogens (primary N) is 1. The molecule has 0 aliphatic heterocycles. The van der Waals surface area contributed by atoms with Gasteiger partial charge in [0.1, 0.15) is 0 Å². The summed E-state index contributed by atoms with van der Waals surface area (Å²) in [7, 11) is 0. The van der Waals surface area contributed by atoms with Crippen molar-refractivity contribution in [2.45, 2.75) is 45.6 Å². The topological polar surface area (TPSA) is 62.4 Å². The molecule has 0 heterocycles. The maximum atomic E-state index is 5.36. The van der Waals surface area contributed by atoms with Crippen molar-refractivity contribution in [3.63, 3.8) is 0 Å². The normalized spacial score (nSPS) is 20.9. The molecule has 0 amide bonds. The van der Waals surface area contributed by atoms with Crippen LogP contribution in [-0.4, -0.2) is 18.5 Å². The van der Waals surface area contributed by atoms with Crippen molar-refractivity contribution in [1.29, 1.82) is 0 Å². The lowest BCUT2D eigenvalue weighted by Crippen LogP contribution is -2.47. The third kappa shape index (κ3) is 3.18. The van der Waals surface area contributed by atoms with E-state index in [9.17, 15) is 0 Å². The zero-order valence-electron chi connectivity index (χ0n) is 9.21. The van der Waals surface area contributed by atoms with E-state index < -0.39 is 0 Å². The monoisotopic (exact) mass is 198 g/mol. The van der Waals surface area contributed by atoms with Gasteiger partial charge in [0, 0.05) is 12.6 Å². The van der Waals surface area contributed by atoms with Crippen molar-refractivity contribution in [1.82, 2.24) is 10.7 Å². The van der Waals surface area contributed by atoms with Gasteiger partial charge in [-0.1, -0.05) is 12.8 Å². The first-order valence-electron chi connectivity index (χ1n) is 5.55. The van der Waals surface area contributed by atoms with Crippen LogP contribution in [0.1, 0.15) is 39.5 Å². The van der Waals surface area contributed by atoms with Crippen molar-refractivity contribution >= 4 is 5.96 Å². The minimum Gasteiger partial charge on any atom is -0.353 e. The molecule has 82 valence electrons. The van der Waals surface area contributed by atoms with Crippen LogP contribution in [0, 0.1) is 5.92 Å². The van der Waals surface area contributed by atoms with Crippen LogP contribution in [0.5, 0.6) is 0 Å². The Morgan fingerprint density at radius 1 is 1.50 bits per heavy atom. The summed E-state index contributed by atoms with van der Waals surface area (Å²) in [6.45, 7) is 4.96. The summed E-state index contributed by atoms with van der Waals surface area (Å²) in [5, 5.41) is 3.32. The smallest absolute Gasteiger partial charge is 0.205 e. The molecule has 1 rings (SSSR count). The Kier molecular flexibility index (Phi) is 4.73. The average molecular weight is 198 g/mol. The summed E-state index contributed by atoms with van der Waals surface area (Å²) in [6, 6.07) is 0.471. The highest BCUT2D eigenvalue weighted by molar-refractivity contribution is 5.79. The molecule has 1 saturated carbocycles. The van der Waals surface area contributed by atoms with E-state index in [4.69, 9.17) is 5.84 Å². The molecule has 1 atom stereocenters. The van der Waals surface area contributed by atoms with Crippen LogP contribution in [0.15, 0.2) is 4.99 Å². The first-order valence-corrected chi connectivity index (χ1v) is 5.55. The number of hydrogen-bond donors (Lipinski definition) is 3. The highest BCUT2D eigenvalue weighted by Crippen LogP contribution is 2.27. The zero-order valence-corrected chi connectivity index (χ0v) is 9.21. The maximum absolute atomic E-state index is 5.36. The van der Waals surface area contributed by atoms with E-state index in [1.54, 1.807) is 0 Å². The second-order valence-corrected chi connectivity index (χ2v) is 3.94. The van der Waals surface area contributed by atoms with Gasteiger partial charge < -0.3 is 5.32 Å². The lowest BCUT2D eigenvalue weighted by molar-refractivity contribution is 0.422. The third-order valence-corrected chi connectivity index (χ3v) is 2.92. The van der Waals surface area contributed by atoms with Crippen LogP contribution in [0.3, 0.4) is 0 Å². The predicted octanol–water partition coefficient (Wildman–Crippen LogP) is 0.994. The van der Waals surface area contributed by atoms with E-state index in [0.717, 1.165) is 12.5 Å². The van der Waals surface area contributed by atoms with Gasteiger partial charge in [-0.25, -0.2) is 5.84 Å². The molecule has 4 nitrogen and oxygen atoms in total. The lowest BCUT2D eigenvalue weighted by atomic mass is 10.0. The van der Waals surface area contributed by atoms with E-state index in [2.05, 4.69) is 22.7 Å². The molecular weight excluding hydrogens is 176 g/mol. The summed E-state index contributed by atoms with van der Waals surface area (Å²) in [6.07, 6.45) is 5.40. The summed E-state index contributed by atoms with van der Waals surface area (Å²) in [5.41, 5.74) is 2.60. The lowest BCUT2D eigenvalue weighted by Gasteiger charge is -2.21. The Morgan fingerprint density at radius 3 is 2.64 bits per heavy atom. The first kappa shape index (κ1) is 11.3. The minimum absolute atomic E-state index is 0.471. The van der Waals surface area contributed by atoms with Crippen LogP contribution >= 0.6 is 0 Å². The standard InChI is InChI=1S/C10H22N4/c1-3-12-10(14-11)13-8(2)9-6-4-5-7-9/h8-9H,3-7,11H2,1-2H3,(H2,12,13,14). The summed E-state index contributed by atoms with van der Waals surface area (Å²) in [4.78, 5) is 4.22. The number of nitrogens with zero attached hydrogens (tertiary/aromatic N) is 1. The van der Waals surface area contributed by atoms with Crippen molar-refractivity contribution in [2.75, 3.05) is 6.54 Å². The van der Waals surface area contributed by atoms with Crippen molar-refractivity contribution in [3.8, 4) is 0 Å². The summed E-state index contributed by atoms with van der Waals surface area (Å²) >= 11 is 0. The number of aliphatic imine (C=N–C) groups is 1. The molecular formula is C10H22N4. The van der Waals surface area contributed by atoms with E-state index in [-0.39, 0.29) is 0 Å².